The van der Waals surface area contributed by atoms with Gasteiger partial charge in [-0.3, -0.25) is 19.2 Å². The van der Waals surface area contributed by atoms with E-state index in [-0.39, 0.29) is 18.4 Å². The fourth-order valence-corrected chi connectivity index (χ4v) is 4.65. The summed E-state index contributed by atoms with van der Waals surface area (Å²) < 4.78 is 1.65. The van der Waals surface area contributed by atoms with Gasteiger partial charge >= 0.3 is 0 Å². The zero-order valence-electron chi connectivity index (χ0n) is 18.2. The molecule has 3 aromatic rings. The number of hydrogen-bond donors (Lipinski definition) is 1. The highest BCUT2D eigenvalue weighted by molar-refractivity contribution is 7.13. The lowest BCUT2D eigenvalue weighted by atomic mass is 9.92. The molecule has 162 valence electrons. The highest BCUT2D eigenvalue weighted by Crippen LogP contribution is 2.37. The molecule has 0 bridgehead atoms. The zero-order chi connectivity index (χ0) is 22.6. The summed E-state index contributed by atoms with van der Waals surface area (Å²) in [5.41, 5.74) is 1.01. The highest BCUT2D eigenvalue weighted by Gasteiger charge is 2.50. The Morgan fingerprint density at radius 3 is 2.65 bits per heavy atom. The summed E-state index contributed by atoms with van der Waals surface area (Å²) >= 11 is 7.84. The summed E-state index contributed by atoms with van der Waals surface area (Å²) in [6.45, 7) is 9.67. The van der Waals surface area contributed by atoms with Crippen molar-refractivity contribution in [2.24, 2.45) is 0 Å². The van der Waals surface area contributed by atoms with Gasteiger partial charge in [-0.2, -0.15) is 5.10 Å². The van der Waals surface area contributed by atoms with Crippen LogP contribution in [0.15, 0.2) is 41.8 Å². The number of aromatic nitrogens is 2. The summed E-state index contributed by atoms with van der Waals surface area (Å²) in [6, 6.07) is 11.1. The maximum atomic E-state index is 13.8. The molecule has 1 N–H and O–H groups in total. The van der Waals surface area contributed by atoms with Crippen molar-refractivity contribution < 1.29 is 9.59 Å². The third-order valence-corrected chi connectivity index (χ3v) is 6.44. The molecule has 1 atom stereocenters. The second-order valence-electron chi connectivity index (χ2n) is 9.10. The lowest BCUT2D eigenvalue weighted by molar-refractivity contribution is -0.128. The first-order valence-electron chi connectivity index (χ1n) is 10.0. The van der Waals surface area contributed by atoms with Gasteiger partial charge in [0.15, 0.2) is 0 Å². The van der Waals surface area contributed by atoms with Crippen molar-refractivity contribution in [1.29, 1.82) is 0 Å². The standard InChI is InChI=1S/C23H25ClN4O2S/c1-14-8-9-15(24)11-17(14)28-20(29)18-12-16(19-7-6-10-31-19)26-27(18)13-23(28,5)21(30)25-22(2,3)4/h6-12H,13H2,1-5H3,(H,25,30)/t23-/m1/s1. The molecule has 0 fully saturated rings. The summed E-state index contributed by atoms with van der Waals surface area (Å²) in [6.07, 6.45) is 0. The predicted molar refractivity (Wildman–Crippen MR) is 125 cm³/mol. The van der Waals surface area contributed by atoms with Crippen LogP contribution in [0.25, 0.3) is 10.6 Å². The van der Waals surface area contributed by atoms with Crippen LogP contribution in [-0.2, 0) is 11.3 Å². The van der Waals surface area contributed by atoms with Gasteiger partial charge in [0.2, 0.25) is 5.91 Å². The fraction of sp³-hybridized carbons (Fsp3) is 0.348. The maximum Gasteiger partial charge on any atom is 0.277 e. The van der Waals surface area contributed by atoms with Gasteiger partial charge in [-0.25, -0.2) is 0 Å². The maximum absolute atomic E-state index is 13.8. The van der Waals surface area contributed by atoms with Crippen LogP contribution < -0.4 is 10.2 Å². The van der Waals surface area contributed by atoms with Crippen molar-refractivity contribution in [1.82, 2.24) is 15.1 Å². The normalized spacial score (nSPS) is 18.8. The van der Waals surface area contributed by atoms with Gasteiger partial charge in [-0.05, 0) is 69.8 Å². The van der Waals surface area contributed by atoms with Crippen LogP contribution in [0.3, 0.4) is 0 Å². The number of carbonyl (C=O) groups excluding carboxylic acids is 2. The first-order valence-corrected chi connectivity index (χ1v) is 11.3. The number of hydrogen-bond acceptors (Lipinski definition) is 4. The molecule has 0 spiro atoms. The van der Waals surface area contributed by atoms with E-state index in [2.05, 4.69) is 10.4 Å². The molecule has 0 saturated heterocycles. The third-order valence-electron chi connectivity index (χ3n) is 5.32. The Balaban J connectivity index is 1.88. The minimum atomic E-state index is -1.19. The molecule has 1 aliphatic rings. The van der Waals surface area contributed by atoms with Crippen LogP contribution in [0.2, 0.25) is 5.02 Å². The first kappa shape index (κ1) is 21.6. The molecule has 0 aliphatic carbocycles. The Labute approximate surface area is 190 Å². The second kappa shape index (κ2) is 7.50. The number of nitrogens with one attached hydrogen (secondary N) is 1. The molecule has 31 heavy (non-hydrogen) atoms. The number of carbonyl (C=O) groups is 2. The lowest BCUT2D eigenvalue weighted by Crippen LogP contribution is -2.66. The molecule has 1 aliphatic heterocycles. The smallest absolute Gasteiger partial charge is 0.277 e. The molecule has 2 amide bonds. The SMILES string of the molecule is Cc1ccc(Cl)cc1N1C(=O)c2cc(-c3cccs3)nn2C[C@]1(C)C(=O)NC(C)(C)C. The van der Waals surface area contributed by atoms with Gasteiger partial charge in [-0.15, -0.1) is 11.3 Å². The van der Waals surface area contributed by atoms with Crippen LogP contribution in [-0.4, -0.2) is 32.7 Å². The first-order chi connectivity index (χ1) is 14.5. The Hall–Kier alpha value is -2.64. The van der Waals surface area contributed by atoms with E-state index in [1.165, 1.54) is 0 Å². The van der Waals surface area contributed by atoms with Crippen LogP contribution in [0, 0.1) is 6.92 Å². The van der Waals surface area contributed by atoms with Crippen molar-refractivity contribution in [3.63, 3.8) is 0 Å². The number of benzene rings is 1. The van der Waals surface area contributed by atoms with E-state index in [1.807, 2.05) is 51.3 Å². The number of thiophene rings is 1. The number of halogens is 1. The molecule has 8 heteroatoms. The molecule has 0 unspecified atom stereocenters. The molecule has 4 rings (SSSR count). The van der Waals surface area contributed by atoms with Crippen molar-refractivity contribution in [3.8, 4) is 10.6 Å². The summed E-state index contributed by atoms with van der Waals surface area (Å²) in [5.74, 6) is -0.523. The van der Waals surface area contributed by atoms with Gasteiger partial charge in [0.05, 0.1) is 11.4 Å². The summed E-state index contributed by atoms with van der Waals surface area (Å²) in [5, 5.41) is 10.2. The van der Waals surface area contributed by atoms with Crippen molar-refractivity contribution in [2.45, 2.75) is 52.2 Å². The zero-order valence-corrected chi connectivity index (χ0v) is 19.8. The van der Waals surface area contributed by atoms with E-state index in [0.29, 0.717) is 16.4 Å². The van der Waals surface area contributed by atoms with Crippen LogP contribution >= 0.6 is 22.9 Å². The van der Waals surface area contributed by atoms with Crippen molar-refractivity contribution in [3.05, 3.63) is 58.1 Å². The monoisotopic (exact) mass is 456 g/mol. The second-order valence-corrected chi connectivity index (χ2v) is 10.5. The number of anilines is 1. The van der Waals surface area contributed by atoms with E-state index in [9.17, 15) is 9.59 Å². The van der Waals surface area contributed by atoms with Gasteiger partial charge in [-0.1, -0.05) is 23.7 Å². The van der Waals surface area contributed by atoms with Gasteiger partial charge in [0.1, 0.15) is 16.9 Å². The molecule has 0 radical (unpaired) electrons. The van der Waals surface area contributed by atoms with E-state index in [1.54, 1.807) is 46.0 Å². The Bertz CT molecular complexity index is 1160. The topological polar surface area (TPSA) is 67.2 Å². The molecule has 6 nitrogen and oxygen atoms in total. The van der Waals surface area contributed by atoms with E-state index >= 15 is 0 Å². The minimum absolute atomic E-state index is 0.229. The molecular weight excluding hydrogens is 432 g/mol. The number of fused-ring (bicyclic) bond motifs is 1. The van der Waals surface area contributed by atoms with Gasteiger partial charge in [0, 0.05) is 16.2 Å². The average molecular weight is 457 g/mol. The van der Waals surface area contributed by atoms with Gasteiger partial charge in [0.25, 0.3) is 5.91 Å². The number of aryl methyl sites for hydroxylation is 1. The quantitative estimate of drug-likeness (QED) is 0.609. The molecule has 0 saturated carbocycles. The Morgan fingerprint density at radius 1 is 1.26 bits per heavy atom. The van der Waals surface area contributed by atoms with E-state index in [0.717, 1.165) is 16.1 Å². The largest absolute Gasteiger partial charge is 0.349 e. The highest BCUT2D eigenvalue weighted by atomic mass is 35.5. The Kier molecular flexibility index (Phi) is 5.22. The van der Waals surface area contributed by atoms with Crippen LogP contribution in [0.5, 0.6) is 0 Å². The average Bonchev–Trinajstić information content (AvgIpc) is 3.32. The van der Waals surface area contributed by atoms with E-state index in [4.69, 9.17) is 11.6 Å². The molecule has 1 aromatic carbocycles. The minimum Gasteiger partial charge on any atom is -0.349 e. The van der Waals surface area contributed by atoms with Crippen LogP contribution in [0.4, 0.5) is 5.69 Å². The fourth-order valence-electron chi connectivity index (χ4n) is 3.80. The number of nitrogens with zero attached hydrogens (tertiary/aromatic N) is 3. The van der Waals surface area contributed by atoms with E-state index < -0.39 is 11.1 Å². The van der Waals surface area contributed by atoms with Crippen molar-refractivity contribution >= 4 is 40.4 Å². The third kappa shape index (κ3) is 3.88. The molecular formula is C23H25ClN4O2S. The number of rotatable bonds is 3. The van der Waals surface area contributed by atoms with Crippen LogP contribution in [0.1, 0.15) is 43.7 Å². The molecule has 2 aromatic heterocycles. The molecule has 3 heterocycles. The summed E-state index contributed by atoms with van der Waals surface area (Å²) in [7, 11) is 0. The summed E-state index contributed by atoms with van der Waals surface area (Å²) in [4.78, 5) is 29.9. The number of amides is 2. The Morgan fingerprint density at radius 2 is 2.00 bits per heavy atom. The predicted octanol–water partition coefficient (Wildman–Crippen LogP) is 4.91. The van der Waals surface area contributed by atoms with Gasteiger partial charge < -0.3 is 5.32 Å². The van der Waals surface area contributed by atoms with Crippen molar-refractivity contribution in [2.75, 3.05) is 4.90 Å². The lowest BCUT2D eigenvalue weighted by Gasteiger charge is -2.44.